The molecule has 2 aromatic carbocycles. The SMILES string of the molecule is O=C1c2ccccc2-c2ccccc21.[H-].[Li+]. The number of carbonyl (C=O) groups is 1. The van der Waals surface area contributed by atoms with Crippen molar-refractivity contribution in [3.8, 4) is 11.1 Å². The quantitative estimate of drug-likeness (QED) is 0.454. The fourth-order valence-electron chi connectivity index (χ4n) is 1.98. The summed E-state index contributed by atoms with van der Waals surface area (Å²) >= 11 is 0. The molecule has 1 aliphatic carbocycles. The summed E-state index contributed by atoms with van der Waals surface area (Å²) in [5, 5.41) is 0. The van der Waals surface area contributed by atoms with E-state index in [1.54, 1.807) is 0 Å². The molecule has 0 unspecified atom stereocenters. The van der Waals surface area contributed by atoms with Gasteiger partial charge in [-0.3, -0.25) is 4.79 Å². The van der Waals surface area contributed by atoms with Gasteiger partial charge in [0.25, 0.3) is 0 Å². The van der Waals surface area contributed by atoms with E-state index < -0.39 is 0 Å². The summed E-state index contributed by atoms with van der Waals surface area (Å²) in [6.45, 7) is 0. The van der Waals surface area contributed by atoms with Crippen molar-refractivity contribution in [2.24, 2.45) is 0 Å². The van der Waals surface area contributed by atoms with Gasteiger partial charge in [-0.15, -0.1) is 0 Å². The average Bonchev–Trinajstić information content (AvgIpc) is 2.55. The van der Waals surface area contributed by atoms with Gasteiger partial charge in [0.05, 0.1) is 0 Å². The molecule has 0 amide bonds. The van der Waals surface area contributed by atoms with Crippen LogP contribution in [0.25, 0.3) is 11.1 Å². The normalized spacial score (nSPS) is 11.6. The Labute approximate surface area is 102 Å². The van der Waals surface area contributed by atoms with E-state index in [1.165, 1.54) is 0 Å². The number of ketones is 1. The van der Waals surface area contributed by atoms with Crippen LogP contribution in [-0.4, -0.2) is 5.78 Å². The Morgan fingerprint density at radius 3 is 1.40 bits per heavy atom. The van der Waals surface area contributed by atoms with Gasteiger partial charge in [0.1, 0.15) is 0 Å². The molecule has 1 aliphatic rings. The maximum Gasteiger partial charge on any atom is 1.00 e. The number of carbonyl (C=O) groups excluding carboxylic acids is 1. The van der Waals surface area contributed by atoms with Crippen LogP contribution in [0.5, 0.6) is 0 Å². The average molecular weight is 188 g/mol. The van der Waals surface area contributed by atoms with Crippen LogP contribution in [0.3, 0.4) is 0 Å². The molecule has 2 heteroatoms. The summed E-state index contributed by atoms with van der Waals surface area (Å²) in [6, 6.07) is 15.5. The van der Waals surface area contributed by atoms with Gasteiger partial charge in [-0.2, -0.15) is 0 Å². The molecule has 0 aliphatic heterocycles. The van der Waals surface area contributed by atoms with Gasteiger partial charge in [0, 0.05) is 11.1 Å². The van der Waals surface area contributed by atoms with Crippen molar-refractivity contribution in [2.45, 2.75) is 0 Å². The molecule has 0 N–H and O–H groups in total. The zero-order valence-electron chi connectivity index (χ0n) is 9.53. The van der Waals surface area contributed by atoms with Gasteiger partial charge in [-0.1, -0.05) is 48.5 Å². The zero-order chi connectivity index (χ0) is 9.54. The Balaban J connectivity index is 0.000000640. The Morgan fingerprint density at radius 1 is 0.667 bits per heavy atom. The molecule has 0 fully saturated rings. The summed E-state index contributed by atoms with van der Waals surface area (Å²) in [4.78, 5) is 11.9. The topological polar surface area (TPSA) is 17.1 Å². The molecule has 0 radical (unpaired) electrons. The molecule has 2 aromatic rings. The van der Waals surface area contributed by atoms with E-state index in [4.69, 9.17) is 0 Å². The van der Waals surface area contributed by atoms with Crippen molar-refractivity contribution in [3.05, 3.63) is 59.7 Å². The number of rotatable bonds is 0. The van der Waals surface area contributed by atoms with Crippen LogP contribution in [-0.2, 0) is 0 Å². The number of fused-ring (bicyclic) bond motifs is 3. The van der Waals surface area contributed by atoms with E-state index in [1.807, 2.05) is 48.5 Å². The van der Waals surface area contributed by atoms with Crippen LogP contribution < -0.4 is 18.9 Å². The predicted molar refractivity (Wildman–Crippen MR) is 56.4 cm³/mol. The fourth-order valence-corrected chi connectivity index (χ4v) is 1.98. The number of hydrogen-bond donors (Lipinski definition) is 0. The number of hydrogen-bond acceptors (Lipinski definition) is 1. The second-order valence-corrected chi connectivity index (χ2v) is 3.42. The second kappa shape index (κ2) is 3.70. The largest absolute Gasteiger partial charge is 1.00 e. The molecular weight excluding hydrogens is 179 g/mol. The molecule has 0 saturated heterocycles. The maximum absolute atomic E-state index is 11.9. The standard InChI is InChI=1S/C13H8O.Li.H/c14-13-11-7-3-1-5-9(11)10-6-2-4-8-12(10)13;;/h1-8H;;/q;+1;-1. The third kappa shape index (κ3) is 1.36. The summed E-state index contributed by atoms with van der Waals surface area (Å²) < 4.78 is 0. The van der Waals surface area contributed by atoms with E-state index in [2.05, 4.69) is 0 Å². The minimum absolute atomic E-state index is 0. The Kier molecular flexibility index (Phi) is 2.52. The summed E-state index contributed by atoms with van der Waals surface area (Å²) in [5.41, 5.74) is 3.78. The molecule has 0 heterocycles. The molecule has 0 saturated carbocycles. The molecular formula is C13H9LiO. The van der Waals surface area contributed by atoms with Crippen molar-refractivity contribution in [3.63, 3.8) is 0 Å². The minimum Gasteiger partial charge on any atom is -1.00 e. The van der Waals surface area contributed by atoms with Gasteiger partial charge in [-0.25, -0.2) is 0 Å². The second-order valence-electron chi connectivity index (χ2n) is 3.42. The third-order valence-electron chi connectivity index (χ3n) is 2.63. The zero-order valence-corrected chi connectivity index (χ0v) is 8.53. The van der Waals surface area contributed by atoms with Gasteiger partial charge in [0.15, 0.2) is 5.78 Å². The molecule has 0 bridgehead atoms. The fraction of sp³-hybridized carbons (Fsp3) is 0. The Morgan fingerprint density at radius 2 is 1.00 bits per heavy atom. The van der Waals surface area contributed by atoms with Crippen molar-refractivity contribution in [1.29, 1.82) is 0 Å². The van der Waals surface area contributed by atoms with Crippen LogP contribution in [0.1, 0.15) is 17.3 Å². The van der Waals surface area contributed by atoms with Crippen molar-refractivity contribution in [1.82, 2.24) is 0 Å². The first-order valence-corrected chi connectivity index (χ1v) is 4.61. The van der Waals surface area contributed by atoms with Crippen LogP contribution in [0.4, 0.5) is 0 Å². The van der Waals surface area contributed by atoms with Crippen molar-refractivity contribution >= 4 is 5.78 Å². The molecule has 3 rings (SSSR count). The Bertz CT molecular complexity index is 489. The van der Waals surface area contributed by atoms with Crippen LogP contribution in [0.15, 0.2) is 48.5 Å². The predicted octanol–water partition coefficient (Wildman–Crippen LogP) is 0.0145. The van der Waals surface area contributed by atoms with Gasteiger partial charge in [0.2, 0.25) is 0 Å². The first-order valence-electron chi connectivity index (χ1n) is 4.61. The van der Waals surface area contributed by atoms with E-state index in [9.17, 15) is 4.79 Å². The first kappa shape index (κ1) is 10.2. The van der Waals surface area contributed by atoms with Crippen molar-refractivity contribution < 1.29 is 25.1 Å². The maximum atomic E-state index is 11.9. The summed E-state index contributed by atoms with van der Waals surface area (Å²) in [5.74, 6) is 0.149. The van der Waals surface area contributed by atoms with Crippen LogP contribution in [0.2, 0.25) is 0 Å². The molecule has 15 heavy (non-hydrogen) atoms. The Hall–Kier alpha value is -1.29. The monoisotopic (exact) mass is 188 g/mol. The van der Waals surface area contributed by atoms with Crippen molar-refractivity contribution in [2.75, 3.05) is 0 Å². The van der Waals surface area contributed by atoms with E-state index >= 15 is 0 Å². The molecule has 1 nitrogen and oxygen atoms in total. The minimum atomic E-state index is 0. The molecule has 0 aromatic heterocycles. The van der Waals surface area contributed by atoms with Gasteiger partial charge in [-0.05, 0) is 11.1 Å². The smallest absolute Gasteiger partial charge is 1.00 e. The molecule has 0 atom stereocenters. The number of benzene rings is 2. The van der Waals surface area contributed by atoms with Crippen LogP contribution >= 0.6 is 0 Å². The third-order valence-corrected chi connectivity index (χ3v) is 2.63. The summed E-state index contributed by atoms with van der Waals surface area (Å²) in [6.07, 6.45) is 0. The van der Waals surface area contributed by atoms with Gasteiger partial charge < -0.3 is 1.43 Å². The summed E-state index contributed by atoms with van der Waals surface area (Å²) in [7, 11) is 0. The molecule has 68 valence electrons. The van der Waals surface area contributed by atoms with E-state index in [0.29, 0.717) is 0 Å². The van der Waals surface area contributed by atoms with E-state index in [-0.39, 0.29) is 26.1 Å². The van der Waals surface area contributed by atoms with Crippen LogP contribution in [0, 0.1) is 0 Å². The molecule has 0 spiro atoms. The van der Waals surface area contributed by atoms with E-state index in [0.717, 1.165) is 22.3 Å². The van der Waals surface area contributed by atoms with Gasteiger partial charge >= 0.3 is 18.9 Å². The first-order chi connectivity index (χ1) is 6.88.